The van der Waals surface area contributed by atoms with Crippen LogP contribution in [-0.2, 0) is 38.0 Å². The van der Waals surface area contributed by atoms with Crippen LogP contribution in [-0.4, -0.2) is 254 Å². The van der Waals surface area contributed by atoms with Gasteiger partial charge in [0, 0.05) is 24.8 Å². The Hall–Kier alpha value is -1.67. The summed E-state index contributed by atoms with van der Waals surface area (Å²) in [6, 6.07) is 0. The van der Waals surface area contributed by atoms with E-state index in [-0.39, 0.29) is 44.4 Å². The van der Waals surface area contributed by atoms with Gasteiger partial charge in [0.05, 0.1) is 55.8 Å². The molecule has 4 saturated heterocycles. The van der Waals surface area contributed by atoms with E-state index >= 15 is 0 Å². The topological polar surface area (TPSA) is 398 Å². The third-order valence-corrected chi connectivity index (χ3v) is 14.5. The van der Waals surface area contributed by atoms with Crippen LogP contribution in [0.15, 0.2) is 12.2 Å². The Balaban J connectivity index is 1.09. The van der Waals surface area contributed by atoms with Crippen LogP contribution >= 0.6 is 0 Å². The van der Waals surface area contributed by atoms with Crippen molar-refractivity contribution in [1.29, 1.82) is 0 Å². The van der Waals surface area contributed by atoms with Gasteiger partial charge < -0.3 is 114 Å². The Morgan fingerprint density at radius 3 is 1.74 bits per heavy atom. The van der Waals surface area contributed by atoms with Crippen LogP contribution < -0.4 is 0 Å². The van der Waals surface area contributed by atoms with E-state index < -0.39 is 185 Å². The molecule has 3 saturated carbocycles. The van der Waals surface area contributed by atoms with Gasteiger partial charge in [-0.05, 0) is 50.9 Å². The quantitative estimate of drug-likeness (QED) is 0.0463. The van der Waals surface area contributed by atoms with E-state index in [0.717, 1.165) is 6.08 Å². The van der Waals surface area contributed by atoms with Crippen LogP contribution in [0.3, 0.4) is 0 Å². The molecule has 0 spiro atoms. The average Bonchev–Trinajstić information content (AvgIpc) is 3.29. The van der Waals surface area contributed by atoms with Crippen LogP contribution in [0, 0.1) is 17.8 Å². The van der Waals surface area contributed by atoms with Crippen LogP contribution in [0.5, 0.6) is 0 Å². The monoisotopic (exact) mass is 957 g/mol. The van der Waals surface area contributed by atoms with Crippen molar-refractivity contribution in [3.8, 4) is 0 Å². The lowest BCUT2D eigenvalue weighted by Crippen LogP contribution is -2.66. The number of fused-ring (bicyclic) bond motifs is 1. The van der Waals surface area contributed by atoms with Gasteiger partial charge in [0.25, 0.3) is 0 Å². The fraction of sp³-hybridized carbons (Fsp3) is 0.929. The van der Waals surface area contributed by atoms with Crippen LogP contribution in [0.2, 0.25) is 0 Å². The highest BCUT2D eigenvalue weighted by atomic mass is 16.8. The Morgan fingerprint density at radius 1 is 0.545 bits per heavy atom. The molecular formula is C42H69O24+. The average molecular weight is 958 g/mol. The number of aliphatic hydroxyl groups is 17. The summed E-state index contributed by atoms with van der Waals surface area (Å²) < 4.78 is 46.6. The van der Waals surface area contributed by atoms with E-state index in [9.17, 15) is 81.4 Å². The molecule has 16 N–H and O–H groups in total. The summed E-state index contributed by atoms with van der Waals surface area (Å²) in [5, 5.41) is 159. The summed E-state index contributed by atoms with van der Waals surface area (Å²) in [4.78, 5) is 12.6. The molecule has 27 atom stereocenters. The number of ether oxygens (including phenoxy) is 8. The summed E-state index contributed by atoms with van der Waals surface area (Å²) in [5.74, 6) is -2.08. The molecule has 0 radical (unpaired) electrons. The van der Waals surface area contributed by atoms with Gasteiger partial charge in [-0.1, -0.05) is 6.08 Å². The number of aliphatic hydroxyl groups excluding tert-OH is 15. The smallest absolute Gasteiger partial charge is 0.330 e. The second-order valence-corrected chi connectivity index (χ2v) is 19.0. The second-order valence-electron chi connectivity index (χ2n) is 19.0. The minimum absolute atomic E-state index is 0.0365. The summed E-state index contributed by atoms with van der Waals surface area (Å²) in [6.07, 6.45) is -29.4. The molecule has 0 aromatic heterocycles. The lowest BCUT2D eigenvalue weighted by Gasteiger charge is -2.50. The number of hydrogen-bond donors (Lipinski definition) is 15. The zero-order valence-corrected chi connectivity index (χ0v) is 36.1. The number of allylic oxidation sites excluding steroid dienone is 1. The van der Waals surface area contributed by atoms with Crippen molar-refractivity contribution in [1.82, 2.24) is 0 Å². The minimum Gasteiger partial charge on any atom is -0.460 e. The summed E-state index contributed by atoms with van der Waals surface area (Å²) in [6.45, 7) is -2.17. The number of rotatable bonds is 13. The van der Waals surface area contributed by atoms with Crippen molar-refractivity contribution in [3.63, 3.8) is 0 Å². The first-order valence-electron chi connectivity index (χ1n) is 22.9. The zero-order valence-electron chi connectivity index (χ0n) is 36.1. The maximum absolute atomic E-state index is 12.6. The lowest BCUT2D eigenvalue weighted by atomic mass is 9.72. The Bertz CT molecular complexity index is 1580. The fourth-order valence-corrected chi connectivity index (χ4v) is 10.6. The van der Waals surface area contributed by atoms with Crippen LogP contribution in [0.1, 0.15) is 57.8 Å². The summed E-state index contributed by atoms with van der Waals surface area (Å²) in [5.41, 5.74) is 0. The molecule has 4 aliphatic heterocycles. The van der Waals surface area contributed by atoms with Gasteiger partial charge in [-0.3, -0.25) is 0 Å². The molecule has 27 unspecified atom stereocenters. The first kappa shape index (κ1) is 52.2. The number of carbonyl (C=O) groups is 1. The fourth-order valence-electron chi connectivity index (χ4n) is 10.6. The van der Waals surface area contributed by atoms with Gasteiger partial charge in [0.15, 0.2) is 31.1 Å². The van der Waals surface area contributed by atoms with Gasteiger partial charge in [-0.2, -0.15) is 0 Å². The molecule has 7 rings (SSSR count). The van der Waals surface area contributed by atoms with Crippen LogP contribution in [0.4, 0.5) is 0 Å². The summed E-state index contributed by atoms with van der Waals surface area (Å²) in [7, 11) is 0. The van der Waals surface area contributed by atoms with E-state index in [2.05, 4.69) is 0 Å². The molecule has 24 heteroatoms. The molecule has 4 heterocycles. The molecule has 380 valence electrons. The minimum atomic E-state index is -1.93. The standard InChI is InChI=1S/C42H68O24/c43-12-26-30(51)33(54)37(58)41(63-26)66-39-35(56)31(52)27(13-44)64-42(39)62-25-11-18-23(60-38(25)16-3-5-20(47)22(49)8-16)9-17(45)10-24(18)61-40-36(57)34(55)32(53)28(65-40)14-59-29(50)6-2-15-1-4-19(46)21(48)7-15/h2,6,15-28,30-49,51-58H,1,3-5,7-14H2/p+1. The predicted molar refractivity (Wildman–Crippen MR) is 215 cm³/mol. The van der Waals surface area contributed by atoms with E-state index in [0.29, 0.717) is 19.3 Å². The molecule has 0 aromatic rings. The highest BCUT2D eigenvalue weighted by molar-refractivity contribution is 5.81. The van der Waals surface area contributed by atoms with Crippen molar-refractivity contribution in [3.05, 3.63) is 12.2 Å². The maximum Gasteiger partial charge on any atom is 0.330 e. The van der Waals surface area contributed by atoms with Crippen molar-refractivity contribution in [2.24, 2.45) is 17.8 Å². The molecule has 7 aliphatic rings. The normalized spacial score (nSPS) is 51.6. The first-order chi connectivity index (χ1) is 31.4. The third-order valence-electron chi connectivity index (χ3n) is 14.5. The molecule has 0 amide bonds. The number of esters is 1. The third kappa shape index (κ3) is 11.6. The molecule has 66 heavy (non-hydrogen) atoms. The molecule has 7 fully saturated rings. The SMILES string of the molecule is O=C(C=CC1CCC(O)C(O)C1)OCC1OC(OC2CC(O)CC3[OH+]C(C4CCC(O)C(O)C4)C(OC4OC(CO)C(O)C(O)C4OC4OC(CO)C(O)C(O)C4O)CC23)C(O)C(O)C1O. The Morgan fingerprint density at radius 2 is 1.11 bits per heavy atom. The molecule has 0 aromatic carbocycles. The van der Waals surface area contributed by atoms with Gasteiger partial charge in [-0.15, -0.1) is 0 Å². The number of hydrogen-bond acceptors (Lipinski definition) is 23. The van der Waals surface area contributed by atoms with Gasteiger partial charge >= 0.3 is 5.97 Å². The van der Waals surface area contributed by atoms with E-state index in [1.54, 1.807) is 6.08 Å². The van der Waals surface area contributed by atoms with Gasteiger partial charge in [0.2, 0.25) is 0 Å². The van der Waals surface area contributed by atoms with Crippen LogP contribution in [0.25, 0.3) is 0 Å². The van der Waals surface area contributed by atoms with Crippen molar-refractivity contribution in [2.75, 3.05) is 19.8 Å². The van der Waals surface area contributed by atoms with Gasteiger partial charge in [-0.25, -0.2) is 4.79 Å². The lowest BCUT2D eigenvalue weighted by molar-refractivity contribution is -0.390. The van der Waals surface area contributed by atoms with Crippen molar-refractivity contribution >= 4 is 5.97 Å². The molecule has 0 bridgehead atoms. The second kappa shape index (κ2) is 22.6. The number of carbonyl (C=O) groups excluding carboxylic acids is 1. The van der Waals surface area contributed by atoms with E-state index in [1.165, 1.54) is 0 Å². The largest absolute Gasteiger partial charge is 0.460 e. The molecule has 24 nitrogen and oxygen atoms in total. The Labute approximate surface area is 379 Å². The molecular weight excluding hydrogens is 888 g/mol. The van der Waals surface area contributed by atoms with E-state index in [4.69, 9.17) is 37.9 Å². The van der Waals surface area contributed by atoms with Gasteiger partial charge in [0.1, 0.15) is 86.0 Å². The van der Waals surface area contributed by atoms with Crippen molar-refractivity contribution in [2.45, 2.75) is 205 Å². The highest BCUT2D eigenvalue weighted by Gasteiger charge is 2.58. The highest BCUT2D eigenvalue weighted by Crippen LogP contribution is 2.44. The molecule has 3 aliphatic carbocycles. The zero-order chi connectivity index (χ0) is 47.7. The van der Waals surface area contributed by atoms with E-state index in [1.807, 2.05) is 0 Å². The predicted octanol–water partition coefficient (Wildman–Crippen LogP) is -7.23. The summed E-state index contributed by atoms with van der Waals surface area (Å²) >= 11 is 0. The maximum atomic E-state index is 12.6. The first-order valence-corrected chi connectivity index (χ1v) is 22.9. The van der Waals surface area contributed by atoms with Crippen molar-refractivity contribution < 1.29 is 119 Å². The Kier molecular flexibility index (Phi) is 17.9.